The van der Waals surface area contributed by atoms with Gasteiger partial charge in [-0.1, -0.05) is 42.5 Å². The molecule has 0 aliphatic carbocycles. The quantitative estimate of drug-likeness (QED) is 0.460. The molecule has 3 heterocycles. The number of thiophene rings is 1. The van der Waals surface area contributed by atoms with Gasteiger partial charge in [0.2, 0.25) is 5.91 Å². The zero-order valence-electron chi connectivity index (χ0n) is 20.0. The summed E-state index contributed by atoms with van der Waals surface area (Å²) in [4.78, 5) is 46.3. The molecule has 6 nitrogen and oxygen atoms in total. The number of nitrogens with zero attached hydrogens (tertiary/aromatic N) is 3. The Balaban J connectivity index is 1.36. The molecule has 5 rings (SSSR count). The summed E-state index contributed by atoms with van der Waals surface area (Å²) in [7, 11) is 1.85. The van der Waals surface area contributed by atoms with E-state index in [-0.39, 0.29) is 29.7 Å². The van der Waals surface area contributed by atoms with Gasteiger partial charge in [0.25, 0.3) is 11.8 Å². The molecule has 2 atom stereocenters. The molecule has 180 valence electrons. The van der Waals surface area contributed by atoms with Gasteiger partial charge in [-0.2, -0.15) is 0 Å². The second-order valence-corrected chi connectivity index (χ2v) is 10.3. The largest absolute Gasteiger partial charge is 0.370 e. The van der Waals surface area contributed by atoms with Gasteiger partial charge >= 0.3 is 0 Å². The van der Waals surface area contributed by atoms with Crippen LogP contribution in [0.1, 0.15) is 57.0 Å². The van der Waals surface area contributed by atoms with Crippen molar-refractivity contribution in [1.82, 2.24) is 9.80 Å². The van der Waals surface area contributed by atoms with Gasteiger partial charge < -0.3 is 9.80 Å². The van der Waals surface area contributed by atoms with Crippen LogP contribution in [0.25, 0.3) is 0 Å². The minimum atomic E-state index is -0.322. The third kappa shape index (κ3) is 4.36. The first-order valence-corrected chi connectivity index (χ1v) is 12.9. The second-order valence-electron chi connectivity index (χ2n) is 9.34. The zero-order valence-corrected chi connectivity index (χ0v) is 20.8. The lowest BCUT2D eigenvalue weighted by molar-refractivity contribution is -0.135. The zero-order chi connectivity index (χ0) is 24.5. The monoisotopic (exact) mass is 487 g/mol. The molecule has 2 aliphatic heterocycles. The van der Waals surface area contributed by atoms with E-state index in [0.29, 0.717) is 24.2 Å². The van der Waals surface area contributed by atoms with Crippen molar-refractivity contribution in [3.63, 3.8) is 0 Å². The van der Waals surface area contributed by atoms with Crippen molar-refractivity contribution in [2.45, 2.75) is 32.4 Å². The molecule has 0 radical (unpaired) electrons. The number of hydrogen-bond donors (Lipinski definition) is 0. The fraction of sp³-hybridized carbons (Fsp3) is 0.321. The minimum absolute atomic E-state index is 0.112. The highest BCUT2D eigenvalue weighted by Gasteiger charge is 2.42. The van der Waals surface area contributed by atoms with Crippen LogP contribution in [0.5, 0.6) is 0 Å². The van der Waals surface area contributed by atoms with E-state index in [0.717, 1.165) is 35.5 Å². The van der Waals surface area contributed by atoms with Crippen molar-refractivity contribution in [2.75, 3.05) is 25.0 Å². The Morgan fingerprint density at radius 2 is 1.86 bits per heavy atom. The van der Waals surface area contributed by atoms with Crippen molar-refractivity contribution in [3.8, 4) is 0 Å². The first-order chi connectivity index (χ1) is 17.0. The van der Waals surface area contributed by atoms with Crippen LogP contribution >= 0.6 is 11.3 Å². The summed E-state index contributed by atoms with van der Waals surface area (Å²) in [5.74, 6) is -0.542. The van der Waals surface area contributed by atoms with Crippen molar-refractivity contribution >= 4 is 34.7 Å². The lowest BCUT2D eigenvalue weighted by Gasteiger charge is -2.36. The fourth-order valence-corrected chi connectivity index (χ4v) is 5.98. The van der Waals surface area contributed by atoms with E-state index in [1.807, 2.05) is 73.9 Å². The minimum Gasteiger partial charge on any atom is -0.370 e. The SMILES string of the molecule is CC(c1cccs1)N1C(=O)c2cccc(N3CCCC(C(=O)N(C)Cc4ccccc4)C3)c2C1=O. The molecular weight excluding hydrogens is 458 g/mol. The molecule has 35 heavy (non-hydrogen) atoms. The molecule has 0 bridgehead atoms. The number of carbonyl (C=O) groups is 3. The average molecular weight is 488 g/mol. The summed E-state index contributed by atoms with van der Waals surface area (Å²) < 4.78 is 0. The standard InChI is InChI=1S/C28H29N3O3S/c1-19(24-14-8-16-35-24)31-27(33)22-12-6-13-23(25(22)28(31)34)30-15-7-11-21(18-30)26(32)29(2)17-20-9-4-3-5-10-20/h3-6,8-10,12-14,16,19,21H,7,11,15,17-18H2,1-2H3. The third-order valence-electron chi connectivity index (χ3n) is 7.02. The highest BCUT2D eigenvalue weighted by atomic mass is 32.1. The van der Waals surface area contributed by atoms with Crippen LogP contribution in [0.4, 0.5) is 5.69 Å². The molecule has 2 unspecified atom stereocenters. The molecule has 1 fully saturated rings. The second kappa shape index (κ2) is 9.66. The van der Waals surface area contributed by atoms with Crippen molar-refractivity contribution in [2.24, 2.45) is 5.92 Å². The molecular formula is C28H29N3O3S. The average Bonchev–Trinajstić information content (AvgIpc) is 3.51. The number of amides is 3. The Labute approximate surface area is 209 Å². The number of imide groups is 1. The normalized spacial score (nSPS) is 18.5. The molecule has 3 aromatic rings. The highest BCUT2D eigenvalue weighted by Crippen LogP contribution is 2.38. The maximum absolute atomic E-state index is 13.5. The Morgan fingerprint density at radius 1 is 1.06 bits per heavy atom. The van der Waals surface area contributed by atoms with Gasteiger partial charge in [-0.25, -0.2) is 0 Å². The fourth-order valence-electron chi connectivity index (χ4n) is 5.20. The number of carbonyl (C=O) groups excluding carboxylic acids is 3. The summed E-state index contributed by atoms with van der Waals surface area (Å²) in [6.07, 6.45) is 1.68. The number of rotatable bonds is 6. The summed E-state index contributed by atoms with van der Waals surface area (Å²) in [6, 6.07) is 19.0. The van der Waals surface area contributed by atoms with Crippen LogP contribution in [-0.2, 0) is 11.3 Å². The summed E-state index contributed by atoms with van der Waals surface area (Å²) in [5, 5.41) is 1.95. The summed E-state index contributed by atoms with van der Waals surface area (Å²) in [6.45, 7) is 3.76. The number of benzene rings is 2. The number of fused-ring (bicyclic) bond motifs is 1. The van der Waals surface area contributed by atoms with E-state index in [1.54, 1.807) is 22.3 Å². The maximum atomic E-state index is 13.5. The van der Waals surface area contributed by atoms with Gasteiger partial charge in [0.05, 0.1) is 28.8 Å². The molecule has 3 amide bonds. The predicted octanol–water partition coefficient (Wildman–Crippen LogP) is 4.98. The highest BCUT2D eigenvalue weighted by molar-refractivity contribution is 7.10. The molecule has 7 heteroatoms. The van der Waals surface area contributed by atoms with Crippen LogP contribution in [-0.4, -0.2) is 47.7 Å². The molecule has 1 aromatic heterocycles. The van der Waals surface area contributed by atoms with E-state index in [4.69, 9.17) is 0 Å². The molecule has 1 saturated heterocycles. The van der Waals surface area contributed by atoms with E-state index in [9.17, 15) is 14.4 Å². The van der Waals surface area contributed by atoms with Crippen LogP contribution in [0.2, 0.25) is 0 Å². The van der Waals surface area contributed by atoms with E-state index in [2.05, 4.69) is 4.90 Å². The van der Waals surface area contributed by atoms with Crippen LogP contribution in [0, 0.1) is 5.92 Å². The third-order valence-corrected chi connectivity index (χ3v) is 8.06. The topological polar surface area (TPSA) is 60.9 Å². The lowest BCUT2D eigenvalue weighted by Crippen LogP contribution is -2.44. The smallest absolute Gasteiger partial charge is 0.264 e. The van der Waals surface area contributed by atoms with Gasteiger partial charge in [0, 0.05) is 31.6 Å². The Hall–Kier alpha value is -3.45. The van der Waals surface area contributed by atoms with Crippen molar-refractivity contribution < 1.29 is 14.4 Å². The number of hydrogen-bond acceptors (Lipinski definition) is 5. The Kier molecular flexibility index (Phi) is 6.43. The van der Waals surface area contributed by atoms with E-state index < -0.39 is 0 Å². The molecule has 2 aliphatic rings. The first kappa shape index (κ1) is 23.3. The van der Waals surface area contributed by atoms with E-state index >= 15 is 0 Å². The van der Waals surface area contributed by atoms with Gasteiger partial charge in [-0.15, -0.1) is 11.3 Å². The number of anilines is 1. The van der Waals surface area contributed by atoms with Gasteiger partial charge in [0.15, 0.2) is 0 Å². The van der Waals surface area contributed by atoms with Crippen molar-refractivity contribution in [3.05, 3.63) is 87.6 Å². The van der Waals surface area contributed by atoms with Gasteiger partial charge in [-0.05, 0) is 48.9 Å². The molecule has 0 spiro atoms. The molecule has 0 saturated carbocycles. The van der Waals surface area contributed by atoms with Crippen LogP contribution in [0.3, 0.4) is 0 Å². The van der Waals surface area contributed by atoms with Crippen LogP contribution < -0.4 is 4.90 Å². The molecule has 2 aromatic carbocycles. The van der Waals surface area contributed by atoms with Gasteiger partial charge in [0.1, 0.15) is 0 Å². The van der Waals surface area contributed by atoms with E-state index in [1.165, 1.54) is 4.90 Å². The summed E-state index contributed by atoms with van der Waals surface area (Å²) >= 11 is 1.54. The van der Waals surface area contributed by atoms with Crippen molar-refractivity contribution in [1.29, 1.82) is 0 Å². The number of piperidine rings is 1. The Morgan fingerprint density at radius 3 is 2.60 bits per heavy atom. The van der Waals surface area contributed by atoms with Gasteiger partial charge in [-0.3, -0.25) is 19.3 Å². The molecule has 0 N–H and O–H groups in total. The Bertz CT molecular complexity index is 1240. The maximum Gasteiger partial charge on any atom is 0.264 e. The lowest BCUT2D eigenvalue weighted by atomic mass is 9.94. The first-order valence-electron chi connectivity index (χ1n) is 12.0. The predicted molar refractivity (Wildman–Crippen MR) is 138 cm³/mol. The summed E-state index contributed by atoms with van der Waals surface area (Å²) in [5.41, 5.74) is 2.77. The van der Waals surface area contributed by atoms with Crippen LogP contribution in [0.15, 0.2) is 66.0 Å².